The maximum Gasteiger partial charge on any atom is 0.0541 e. The van der Waals surface area contributed by atoms with Gasteiger partial charge in [-0.15, -0.1) is 0 Å². The van der Waals surface area contributed by atoms with Crippen LogP contribution in [0, 0.1) is 0 Å². The number of likely N-dealkylation sites (N-methyl/N-ethyl adjacent to an activating group) is 1. The topological polar surface area (TPSA) is 15.3 Å². The first-order valence-electron chi connectivity index (χ1n) is 6.90. The smallest absolute Gasteiger partial charge is 0.0541 e. The van der Waals surface area contributed by atoms with E-state index < -0.39 is 0 Å². The summed E-state index contributed by atoms with van der Waals surface area (Å²) in [6.45, 7) is 2.13. The Balaban J connectivity index is 1.97. The van der Waals surface area contributed by atoms with E-state index in [1.807, 2.05) is 0 Å². The normalized spacial score (nSPS) is 24.3. The molecule has 2 aromatic carbocycles. The van der Waals surface area contributed by atoms with Crippen LogP contribution in [0.2, 0.25) is 0 Å². The van der Waals surface area contributed by atoms with Gasteiger partial charge < -0.3 is 5.32 Å². The Kier molecular flexibility index (Phi) is 3.62. The molecular formula is C17H20N2. The van der Waals surface area contributed by atoms with E-state index in [-0.39, 0.29) is 0 Å². The minimum atomic E-state index is 0.363. The van der Waals surface area contributed by atoms with Crippen LogP contribution in [0.15, 0.2) is 60.7 Å². The van der Waals surface area contributed by atoms with E-state index in [9.17, 15) is 0 Å². The lowest BCUT2D eigenvalue weighted by Crippen LogP contribution is -2.46. The molecule has 0 unspecified atom stereocenters. The molecule has 98 valence electrons. The summed E-state index contributed by atoms with van der Waals surface area (Å²) in [5.74, 6) is 0. The number of benzene rings is 2. The van der Waals surface area contributed by atoms with Crippen molar-refractivity contribution in [2.24, 2.45) is 0 Å². The molecule has 1 aliphatic heterocycles. The third-order valence-electron chi connectivity index (χ3n) is 3.92. The molecule has 1 saturated heterocycles. The van der Waals surface area contributed by atoms with Crippen molar-refractivity contribution in [2.75, 3.05) is 20.1 Å². The third-order valence-corrected chi connectivity index (χ3v) is 3.92. The molecule has 19 heavy (non-hydrogen) atoms. The minimum Gasteiger partial charge on any atom is -0.307 e. The van der Waals surface area contributed by atoms with Crippen LogP contribution in [0.5, 0.6) is 0 Å². The average Bonchev–Trinajstić information content (AvgIpc) is 2.49. The highest BCUT2D eigenvalue weighted by atomic mass is 15.2. The highest BCUT2D eigenvalue weighted by Gasteiger charge is 2.30. The van der Waals surface area contributed by atoms with Gasteiger partial charge in [0.15, 0.2) is 0 Å². The molecule has 0 spiro atoms. The summed E-state index contributed by atoms with van der Waals surface area (Å²) in [4.78, 5) is 2.45. The van der Waals surface area contributed by atoms with Crippen molar-refractivity contribution >= 4 is 0 Å². The zero-order valence-corrected chi connectivity index (χ0v) is 11.3. The van der Waals surface area contributed by atoms with Gasteiger partial charge in [-0.2, -0.15) is 0 Å². The number of hydrogen-bond donors (Lipinski definition) is 1. The largest absolute Gasteiger partial charge is 0.307 e. The predicted molar refractivity (Wildman–Crippen MR) is 79.0 cm³/mol. The van der Waals surface area contributed by atoms with Crippen molar-refractivity contribution in [2.45, 2.75) is 12.1 Å². The lowest BCUT2D eigenvalue weighted by Gasteiger charge is -2.40. The fraction of sp³-hybridized carbons (Fsp3) is 0.294. The molecule has 0 aromatic heterocycles. The minimum absolute atomic E-state index is 0.363. The summed E-state index contributed by atoms with van der Waals surface area (Å²) in [5.41, 5.74) is 2.74. The van der Waals surface area contributed by atoms with Crippen molar-refractivity contribution in [3.8, 4) is 0 Å². The molecule has 3 rings (SSSR count). The van der Waals surface area contributed by atoms with Gasteiger partial charge in [0.25, 0.3) is 0 Å². The molecular weight excluding hydrogens is 232 g/mol. The molecule has 0 bridgehead atoms. The van der Waals surface area contributed by atoms with Gasteiger partial charge in [-0.05, 0) is 18.2 Å². The highest BCUT2D eigenvalue weighted by Crippen LogP contribution is 2.34. The van der Waals surface area contributed by atoms with E-state index >= 15 is 0 Å². The molecule has 1 N–H and O–H groups in total. The van der Waals surface area contributed by atoms with Crippen LogP contribution in [-0.2, 0) is 0 Å². The fourth-order valence-electron chi connectivity index (χ4n) is 2.96. The number of rotatable bonds is 2. The van der Waals surface area contributed by atoms with E-state index in [0.717, 1.165) is 13.1 Å². The summed E-state index contributed by atoms with van der Waals surface area (Å²) < 4.78 is 0. The predicted octanol–water partition coefficient (Wildman–Crippen LogP) is 3.00. The summed E-state index contributed by atoms with van der Waals surface area (Å²) in [7, 11) is 2.22. The monoisotopic (exact) mass is 252 g/mol. The summed E-state index contributed by atoms with van der Waals surface area (Å²) >= 11 is 0. The van der Waals surface area contributed by atoms with Crippen LogP contribution in [0.1, 0.15) is 23.2 Å². The first-order chi connectivity index (χ1) is 9.36. The number of nitrogens with zero attached hydrogens (tertiary/aromatic N) is 1. The van der Waals surface area contributed by atoms with Gasteiger partial charge >= 0.3 is 0 Å². The van der Waals surface area contributed by atoms with Crippen molar-refractivity contribution in [3.63, 3.8) is 0 Å². The first kappa shape index (κ1) is 12.4. The Labute approximate surface area is 115 Å². The maximum absolute atomic E-state index is 3.67. The second-order valence-corrected chi connectivity index (χ2v) is 5.18. The van der Waals surface area contributed by atoms with Gasteiger partial charge in [0, 0.05) is 13.1 Å². The van der Waals surface area contributed by atoms with Crippen molar-refractivity contribution in [1.29, 1.82) is 0 Å². The lowest BCUT2D eigenvalue weighted by molar-refractivity contribution is 0.151. The van der Waals surface area contributed by atoms with Crippen LogP contribution >= 0.6 is 0 Å². The quantitative estimate of drug-likeness (QED) is 0.884. The van der Waals surface area contributed by atoms with Gasteiger partial charge in [0.05, 0.1) is 12.1 Å². The summed E-state index contributed by atoms with van der Waals surface area (Å²) in [6, 6.07) is 22.3. The number of nitrogens with one attached hydrogen (secondary N) is 1. The lowest BCUT2D eigenvalue weighted by atomic mass is 9.90. The van der Waals surface area contributed by atoms with E-state index in [0.29, 0.717) is 12.1 Å². The number of hydrogen-bond acceptors (Lipinski definition) is 2. The van der Waals surface area contributed by atoms with Gasteiger partial charge in [-0.25, -0.2) is 0 Å². The van der Waals surface area contributed by atoms with Crippen molar-refractivity contribution in [3.05, 3.63) is 71.8 Å². The molecule has 0 amide bonds. The first-order valence-corrected chi connectivity index (χ1v) is 6.90. The maximum atomic E-state index is 3.67. The summed E-state index contributed by atoms with van der Waals surface area (Å²) in [5, 5.41) is 3.67. The Morgan fingerprint density at radius 3 is 2.11 bits per heavy atom. The zero-order valence-electron chi connectivity index (χ0n) is 11.3. The van der Waals surface area contributed by atoms with Gasteiger partial charge in [0.1, 0.15) is 0 Å². The van der Waals surface area contributed by atoms with E-state index in [1.54, 1.807) is 0 Å². The standard InChI is InChI=1S/C17H20N2/c1-19-13-12-18-16(14-8-4-2-5-9-14)17(19)15-10-6-3-7-11-15/h2-11,16-18H,12-13H2,1H3/t16-,17+/m1/s1. The molecule has 1 heterocycles. The number of piperazine rings is 1. The highest BCUT2D eigenvalue weighted by molar-refractivity contribution is 5.28. The SMILES string of the molecule is CN1CCN[C@H](c2ccccc2)[C@@H]1c1ccccc1. The van der Waals surface area contributed by atoms with Crippen LogP contribution in [0.4, 0.5) is 0 Å². The van der Waals surface area contributed by atoms with Crippen molar-refractivity contribution in [1.82, 2.24) is 10.2 Å². The second kappa shape index (κ2) is 5.55. The zero-order chi connectivity index (χ0) is 13.1. The van der Waals surface area contributed by atoms with Gasteiger partial charge in [0.2, 0.25) is 0 Å². The molecule has 1 aliphatic rings. The van der Waals surface area contributed by atoms with Crippen LogP contribution in [-0.4, -0.2) is 25.0 Å². The molecule has 0 saturated carbocycles. The van der Waals surface area contributed by atoms with Crippen molar-refractivity contribution < 1.29 is 0 Å². The Morgan fingerprint density at radius 2 is 1.47 bits per heavy atom. The van der Waals surface area contributed by atoms with Crippen LogP contribution in [0.3, 0.4) is 0 Å². The summed E-state index contributed by atoms with van der Waals surface area (Å²) in [6.07, 6.45) is 0. The third kappa shape index (κ3) is 2.55. The van der Waals surface area contributed by atoms with Crippen LogP contribution in [0.25, 0.3) is 0 Å². The van der Waals surface area contributed by atoms with E-state index in [2.05, 4.69) is 77.9 Å². The molecule has 0 aliphatic carbocycles. The van der Waals surface area contributed by atoms with E-state index in [4.69, 9.17) is 0 Å². The molecule has 2 nitrogen and oxygen atoms in total. The molecule has 0 radical (unpaired) electrons. The van der Waals surface area contributed by atoms with Gasteiger partial charge in [-0.1, -0.05) is 60.7 Å². The molecule has 2 heteroatoms. The molecule has 2 aromatic rings. The Hall–Kier alpha value is -1.64. The molecule has 1 fully saturated rings. The molecule has 2 atom stereocenters. The second-order valence-electron chi connectivity index (χ2n) is 5.18. The Bertz CT molecular complexity index is 509. The van der Waals surface area contributed by atoms with Crippen LogP contribution < -0.4 is 5.32 Å². The van der Waals surface area contributed by atoms with E-state index in [1.165, 1.54) is 11.1 Å². The Morgan fingerprint density at radius 1 is 0.895 bits per heavy atom. The van der Waals surface area contributed by atoms with Gasteiger partial charge in [-0.3, -0.25) is 4.90 Å². The fourth-order valence-corrected chi connectivity index (χ4v) is 2.96. The average molecular weight is 252 g/mol.